The third-order valence-electron chi connectivity index (χ3n) is 4.35. The Kier molecular flexibility index (Phi) is 4.72. The van der Waals surface area contributed by atoms with Crippen LogP contribution in [0, 0.1) is 0 Å². The number of fused-ring (bicyclic) bond motifs is 1. The fraction of sp³-hybridized carbons (Fsp3) is 0.143. The van der Waals surface area contributed by atoms with Crippen molar-refractivity contribution in [3.8, 4) is 34.3 Å². The van der Waals surface area contributed by atoms with E-state index in [0.29, 0.717) is 28.5 Å². The summed E-state index contributed by atoms with van der Waals surface area (Å²) in [5.74, 6) is 2.35. The lowest BCUT2D eigenvalue weighted by Gasteiger charge is -2.07. The third-order valence-corrected chi connectivity index (χ3v) is 4.35. The molecule has 0 atom stereocenters. The van der Waals surface area contributed by atoms with Crippen LogP contribution in [0.15, 0.2) is 48.5 Å². The molecule has 3 aromatic rings. The van der Waals surface area contributed by atoms with E-state index in [1.165, 1.54) is 13.2 Å². The summed E-state index contributed by atoms with van der Waals surface area (Å²) in [6.45, 7) is 0.228. The van der Waals surface area contributed by atoms with E-state index in [1.54, 1.807) is 31.4 Å². The van der Waals surface area contributed by atoms with Crippen LogP contribution < -0.4 is 18.9 Å². The number of rotatable bonds is 6. The zero-order valence-corrected chi connectivity index (χ0v) is 15.4. The molecule has 0 amide bonds. The molecule has 0 unspecified atom stereocenters. The molecule has 28 heavy (non-hydrogen) atoms. The maximum absolute atomic E-state index is 12.4. The number of benzene rings is 2. The normalized spacial score (nSPS) is 12.4. The summed E-state index contributed by atoms with van der Waals surface area (Å²) in [6, 6.07) is 12.5. The summed E-state index contributed by atoms with van der Waals surface area (Å²) in [6.07, 6.45) is 3.17. The van der Waals surface area contributed by atoms with Gasteiger partial charge in [0, 0.05) is 11.1 Å². The van der Waals surface area contributed by atoms with Crippen molar-refractivity contribution in [2.45, 2.75) is 0 Å². The standard InChI is InChI=1S/C21H18N2O5/c1-25-18-7-4-14(10-20(18)26-2)17(24)6-5-15-11-16(23-22-15)13-3-8-19-21(9-13)28-12-27-19/h3-11H,12H2,1-2H3,(H,22,23)/b6-5+. The van der Waals surface area contributed by atoms with Gasteiger partial charge in [0.25, 0.3) is 0 Å². The number of hydrogen-bond donors (Lipinski definition) is 1. The monoisotopic (exact) mass is 378 g/mol. The molecule has 2 aromatic carbocycles. The van der Waals surface area contributed by atoms with Gasteiger partial charge in [-0.2, -0.15) is 5.10 Å². The lowest BCUT2D eigenvalue weighted by Crippen LogP contribution is -1.97. The zero-order chi connectivity index (χ0) is 19.5. The van der Waals surface area contributed by atoms with Crippen LogP contribution in [0.4, 0.5) is 0 Å². The summed E-state index contributed by atoms with van der Waals surface area (Å²) in [7, 11) is 3.08. The number of H-pyrrole nitrogens is 1. The Labute approximate surface area is 161 Å². The number of nitrogens with zero attached hydrogens (tertiary/aromatic N) is 1. The SMILES string of the molecule is COc1ccc(C(=O)/C=C/c2cc(-c3ccc4c(c3)OCO4)n[nH]2)cc1OC. The van der Waals surface area contributed by atoms with E-state index in [4.69, 9.17) is 18.9 Å². The molecule has 7 nitrogen and oxygen atoms in total. The molecule has 0 spiro atoms. The number of allylic oxidation sites excluding steroid dienone is 1. The van der Waals surface area contributed by atoms with Gasteiger partial charge in [-0.1, -0.05) is 0 Å². The Balaban J connectivity index is 1.50. The lowest BCUT2D eigenvalue weighted by molar-refractivity contribution is 0.104. The number of hydrogen-bond acceptors (Lipinski definition) is 6. The van der Waals surface area contributed by atoms with Gasteiger partial charge >= 0.3 is 0 Å². The van der Waals surface area contributed by atoms with Crippen molar-refractivity contribution in [2.75, 3.05) is 21.0 Å². The molecule has 7 heteroatoms. The molecule has 1 aromatic heterocycles. The van der Waals surface area contributed by atoms with Crippen molar-refractivity contribution in [1.29, 1.82) is 0 Å². The van der Waals surface area contributed by atoms with Crippen LogP contribution in [0.1, 0.15) is 16.1 Å². The van der Waals surface area contributed by atoms with Crippen LogP contribution in [0.25, 0.3) is 17.3 Å². The van der Waals surface area contributed by atoms with E-state index < -0.39 is 0 Å². The van der Waals surface area contributed by atoms with Crippen LogP contribution >= 0.6 is 0 Å². The van der Waals surface area contributed by atoms with Crippen molar-refractivity contribution in [2.24, 2.45) is 0 Å². The molecule has 0 saturated heterocycles. The molecule has 0 radical (unpaired) electrons. The summed E-state index contributed by atoms with van der Waals surface area (Å²) < 4.78 is 21.1. The molecule has 0 aliphatic carbocycles. The number of ether oxygens (including phenoxy) is 4. The highest BCUT2D eigenvalue weighted by molar-refractivity contribution is 6.07. The Bertz CT molecular complexity index is 1050. The number of methoxy groups -OCH3 is 2. The van der Waals surface area contributed by atoms with E-state index in [1.807, 2.05) is 24.3 Å². The molecule has 2 heterocycles. The highest BCUT2D eigenvalue weighted by Gasteiger charge is 2.15. The topological polar surface area (TPSA) is 82.7 Å². The van der Waals surface area contributed by atoms with Crippen LogP contribution in [-0.2, 0) is 0 Å². The van der Waals surface area contributed by atoms with Gasteiger partial charge in [-0.15, -0.1) is 0 Å². The fourth-order valence-corrected chi connectivity index (χ4v) is 2.88. The molecular formula is C21H18N2O5. The van der Waals surface area contributed by atoms with Gasteiger partial charge < -0.3 is 18.9 Å². The molecular weight excluding hydrogens is 360 g/mol. The zero-order valence-electron chi connectivity index (χ0n) is 15.4. The van der Waals surface area contributed by atoms with Crippen LogP contribution in [0.3, 0.4) is 0 Å². The quantitative estimate of drug-likeness (QED) is 0.520. The first kappa shape index (κ1) is 17.7. The fourth-order valence-electron chi connectivity index (χ4n) is 2.88. The van der Waals surface area contributed by atoms with Crippen molar-refractivity contribution < 1.29 is 23.7 Å². The van der Waals surface area contributed by atoms with Crippen molar-refractivity contribution >= 4 is 11.9 Å². The lowest BCUT2D eigenvalue weighted by atomic mass is 10.1. The molecule has 142 valence electrons. The molecule has 4 rings (SSSR count). The predicted molar refractivity (Wildman–Crippen MR) is 103 cm³/mol. The number of carbonyl (C=O) groups is 1. The number of aromatic nitrogens is 2. The summed E-state index contributed by atoms with van der Waals surface area (Å²) >= 11 is 0. The van der Waals surface area contributed by atoms with E-state index >= 15 is 0 Å². The predicted octanol–water partition coefficient (Wildman–Crippen LogP) is 3.72. The molecule has 0 bridgehead atoms. The number of ketones is 1. The average molecular weight is 378 g/mol. The number of nitrogens with one attached hydrogen (secondary N) is 1. The first-order valence-electron chi connectivity index (χ1n) is 8.58. The minimum atomic E-state index is -0.153. The molecule has 0 fully saturated rings. The van der Waals surface area contributed by atoms with Gasteiger partial charge in [0.15, 0.2) is 28.8 Å². The first-order valence-corrected chi connectivity index (χ1v) is 8.58. The summed E-state index contributed by atoms with van der Waals surface area (Å²) in [5, 5.41) is 7.21. The first-order chi connectivity index (χ1) is 13.7. The van der Waals surface area contributed by atoms with Gasteiger partial charge in [-0.25, -0.2) is 0 Å². The molecule has 1 aliphatic rings. The highest BCUT2D eigenvalue weighted by Crippen LogP contribution is 2.35. The van der Waals surface area contributed by atoms with Gasteiger partial charge in [0.2, 0.25) is 6.79 Å². The Morgan fingerprint density at radius 2 is 1.86 bits per heavy atom. The minimum absolute atomic E-state index is 0.153. The minimum Gasteiger partial charge on any atom is -0.493 e. The van der Waals surface area contributed by atoms with E-state index in [-0.39, 0.29) is 12.6 Å². The maximum Gasteiger partial charge on any atom is 0.231 e. The summed E-state index contributed by atoms with van der Waals surface area (Å²) in [5.41, 5.74) is 2.86. The van der Waals surface area contributed by atoms with Crippen molar-refractivity contribution in [3.05, 3.63) is 59.8 Å². The second-order valence-corrected chi connectivity index (χ2v) is 6.04. The van der Waals surface area contributed by atoms with E-state index in [9.17, 15) is 4.79 Å². The number of aromatic amines is 1. The second kappa shape index (κ2) is 7.48. The summed E-state index contributed by atoms with van der Waals surface area (Å²) in [4.78, 5) is 12.4. The highest BCUT2D eigenvalue weighted by atomic mass is 16.7. The van der Waals surface area contributed by atoms with Gasteiger partial charge in [-0.3, -0.25) is 9.89 Å². The third kappa shape index (κ3) is 3.42. The average Bonchev–Trinajstić information content (AvgIpc) is 3.40. The van der Waals surface area contributed by atoms with Crippen molar-refractivity contribution in [3.63, 3.8) is 0 Å². The second-order valence-electron chi connectivity index (χ2n) is 6.04. The Morgan fingerprint density at radius 3 is 2.68 bits per heavy atom. The molecule has 1 aliphatic heterocycles. The van der Waals surface area contributed by atoms with E-state index in [2.05, 4.69) is 10.2 Å². The van der Waals surface area contributed by atoms with Gasteiger partial charge in [-0.05, 0) is 54.6 Å². The van der Waals surface area contributed by atoms with Crippen LogP contribution in [-0.4, -0.2) is 37.0 Å². The number of carbonyl (C=O) groups excluding carboxylic acids is 1. The smallest absolute Gasteiger partial charge is 0.231 e. The van der Waals surface area contributed by atoms with Gasteiger partial charge in [0.1, 0.15) is 0 Å². The molecule has 0 saturated carbocycles. The van der Waals surface area contributed by atoms with Crippen LogP contribution in [0.2, 0.25) is 0 Å². The Morgan fingerprint density at radius 1 is 1.04 bits per heavy atom. The molecule has 1 N–H and O–H groups in total. The van der Waals surface area contributed by atoms with Gasteiger partial charge in [0.05, 0.1) is 25.6 Å². The Hall–Kier alpha value is -3.74. The van der Waals surface area contributed by atoms with Crippen molar-refractivity contribution in [1.82, 2.24) is 10.2 Å². The largest absolute Gasteiger partial charge is 0.493 e. The van der Waals surface area contributed by atoms with E-state index in [0.717, 1.165) is 17.0 Å². The maximum atomic E-state index is 12.4. The van der Waals surface area contributed by atoms with Crippen LogP contribution in [0.5, 0.6) is 23.0 Å².